The van der Waals surface area contributed by atoms with Gasteiger partial charge in [-0.05, 0) is 37.1 Å². The molecule has 108 valence electrons. The number of hydrogen-bond acceptors (Lipinski definition) is 3. The Labute approximate surface area is 123 Å². The van der Waals surface area contributed by atoms with Crippen molar-refractivity contribution < 1.29 is 24.6 Å². The molecule has 0 aliphatic rings. The monoisotopic (exact) mass is 343 g/mol. The lowest BCUT2D eigenvalue weighted by Crippen LogP contribution is -2.40. The zero-order valence-corrected chi connectivity index (χ0v) is 12.1. The molecule has 0 spiro atoms. The molecule has 0 bridgehead atoms. The average Bonchev–Trinajstić information content (AvgIpc) is 2.37. The zero-order valence-electron chi connectivity index (χ0n) is 10.5. The molecule has 0 radical (unpaired) electrons. The van der Waals surface area contributed by atoms with Crippen molar-refractivity contribution in [1.29, 1.82) is 0 Å². The molecular formula is C13H14BrNO5. The van der Waals surface area contributed by atoms with E-state index in [-0.39, 0.29) is 19.3 Å². The second-order valence-electron chi connectivity index (χ2n) is 4.16. The van der Waals surface area contributed by atoms with Gasteiger partial charge in [-0.25, -0.2) is 4.79 Å². The molecule has 0 fully saturated rings. The number of carbonyl (C=O) groups excluding carboxylic acids is 1. The quantitative estimate of drug-likeness (QED) is 0.701. The van der Waals surface area contributed by atoms with Crippen LogP contribution in [0.25, 0.3) is 0 Å². The number of amides is 1. The molecule has 7 heteroatoms. The summed E-state index contributed by atoms with van der Waals surface area (Å²) in [6.45, 7) is 0. The maximum Gasteiger partial charge on any atom is 0.326 e. The van der Waals surface area contributed by atoms with E-state index in [0.29, 0.717) is 5.56 Å². The van der Waals surface area contributed by atoms with Gasteiger partial charge in [0.1, 0.15) is 6.04 Å². The Balaban J connectivity index is 2.60. The Morgan fingerprint density at radius 2 is 1.75 bits per heavy atom. The Kier molecular flexibility index (Phi) is 6.17. The maximum atomic E-state index is 11.9. The molecule has 6 nitrogen and oxygen atoms in total. The second-order valence-corrected chi connectivity index (χ2v) is 5.07. The molecule has 0 heterocycles. The van der Waals surface area contributed by atoms with Gasteiger partial charge in [0.25, 0.3) is 5.91 Å². The highest BCUT2D eigenvalue weighted by molar-refractivity contribution is 9.10. The van der Waals surface area contributed by atoms with Crippen LogP contribution in [0.4, 0.5) is 0 Å². The summed E-state index contributed by atoms with van der Waals surface area (Å²) in [6, 6.07) is 5.39. The number of benzene rings is 1. The second kappa shape index (κ2) is 7.64. The molecule has 1 aromatic carbocycles. The third-order valence-corrected chi connectivity index (χ3v) is 3.12. The predicted octanol–water partition coefficient (Wildman–Crippen LogP) is 1.89. The summed E-state index contributed by atoms with van der Waals surface area (Å²) in [5.41, 5.74) is 0.345. The minimum absolute atomic E-state index is 0.0733. The molecular weight excluding hydrogens is 330 g/mol. The molecule has 0 unspecified atom stereocenters. The van der Waals surface area contributed by atoms with Crippen LogP contribution in [0, 0.1) is 0 Å². The summed E-state index contributed by atoms with van der Waals surface area (Å²) in [7, 11) is 0. The van der Waals surface area contributed by atoms with Gasteiger partial charge >= 0.3 is 11.9 Å². The van der Waals surface area contributed by atoms with Crippen LogP contribution in [-0.2, 0) is 9.59 Å². The standard InChI is InChI=1S/C13H14BrNO5/c14-9-6-4-8(5-7-9)12(18)15-10(13(19)20)2-1-3-11(16)17/h4-7,10H,1-3H2,(H,15,18)(H,16,17)(H,19,20)/t10-/m1/s1. The molecule has 1 aromatic rings. The Morgan fingerprint density at radius 3 is 2.25 bits per heavy atom. The van der Waals surface area contributed by atoms with Gasteiger partial charge in [-0.3, -0.25) is 9.59 Å². The van der Waals surface area contributed by atoms with E-state index in [0.717, 1.165) is 4.47 Å². The SMILES string of the molecule is O=C(O)CCC[C@@H](NC(=O)c1ccc(Br)cc1)C(=O)O. The first-order chi connectivity index (χ1) is 9.40. The van der Waals surface area contributed by atoms with Crippen LogP contribution in [-0.4, -0.2) is 34.1 Å². The van der Waals surface area contributed by atoms with E-state index in [9.17, 15) is 14.4 Å². The normalized spacial score (nSPS) is 11.7. The van der Waals surface area contributed by atoms with Crippen molar-refractivity contribution in [2.45, 2.75) is 25.3 Å². The van der Waals surface area contributed by atoms with Gasteiger partial charge in [0.05, 0.1) is 0 Å². The van der Waals surface area contributed by atoms with Crippen LogP contribution in [0.15, 0.2) is 28.7 Å². The Morgan fingerprint density at radius 1 is 1.15 bits per heavy atom. The molecule has 0 saturated heterocycles. The van der Waals surface area contributed by atoms with Crippen LogP contribution in [0.2, 0.25) is 0 Å². The van der Waals surface area contributed by atoms with E-state index in [4.69, 9.17) is 10.2 Å². The fourth-order valence-electron chi connectivity index (χ4n) is 1.56. The van der Waals surface area contributed by atoms with Gasteiger partial charge in [0, 0.05) is 16.5 Å². The number of carboxylic acids is 2. The number of hydrogen-bond donors (Lipinski definition) is 3. The molecule has 1 amide bonds. The van der Waals surface area contributed by atoms with Crippen molar-refractivity contribution in [3.8, 4) is 0 Å². The van der Waals surface area contributed by atoms with E-state index in [2.05, 4.69) is 21.2 Å². The van der Waals surface area contributed by atoms with Gasteiger partial charge in [-0.15, -0.1) is 0 Å². The number of rotatable bonds is 7. The number of carboxylic acid groups (broad SMARTS) is 2. The van der Waals surface area contributed by atoms with Crippen LogP contribution in [0.1, 0.15) is 29.6 Å². The van der Waals surface area contributed by atoms with Crippen molar-refractivity contribution >= 4 is 33.8 Å². The zero-order chi connectivity index (χ0) is 15.1. The number of nitrogens with one attached hydrogen (secondary N) is 1. The number of aliphatic carboxylic acids is 2. The topological polar surface area (TPSA) is 104 Å². The smallest absolute Gasteiger partial charge is 0.326 e. The molecule has 3 N–H and O–H groups in total. The first-order valence-electron chi connectivity index (χ1n) is 5.91. The molecule has 0 aromatic heterocycles. The van der Waals surface area contributed by atoms with Gasteiger partial charge < -0.3 is 15.5 Å². The van der Waals surface area contributed by atoms with Gasteiger partial charge in [0.15, 0.2) is 0 Å². The van der Waals surface area contributed by atoms with Gasteiger partial charge in [-0.1, -0.05) is 15.9 Å². The molecule has 0 saturated carbocycles. The minimum Gasteiger partial charge on any atom is -0.481 e. The van der Waals surface area contributed by atoms with Crippen molar-refractivity contribution in [1.82, 2.24) is 5.32 Å². The molecule has 1 atom stereocenters. The Bertz CT molecular complexity index is 500. The largest absolute Gasteiger partial charge is 0.481 e. The van der Waals surface area contributed by atoms with E-state index < -0.39 is 23.9 Å². The summed E-state index contributed by atoms with van der Waals surface area (Å²) in [5, 5.41) is 19.9. The molecule has 1 rings (SSSR count). The Hall–Kier alpha value is -1.89. The highest BCUT2D eigenvalue weighted by Crippen LogP contribution is 2.11. The van der Waals surface area contributed by atoms with Crippen molar-refractivity contribution in [2.24, 2.45) is 0 Å². The van der Waals surface area contributed by atoms with Crippen molar-refractivity contribution in [3.05, 3.63) is 34.3 Å². The van der Waals surface area contributed by atoms with E-state index in [1.165, 1.54) is 0 Å². The van der Waals surface area contributed by atoms with Crippen LogP contribution >= 0.6 is 15.9 Å². The fourth-order valence-corrected chi connectivity index (χ4v) is 1.82. The van der Waals surface area contributed by atoms with Crippen molar-refractivity contribution in [2.75, 3.05) is 0 Å². The lowest BCUT2D eigenvalue weighted by Gasteiger charge is -2.14. The summed E-state index contributed by atoms with van der Waals surface area (Å²) >= 11 is 3.23. The summed E-state index contributed by atoms with van der Waals surface area (Å²) in [6.07, 6.45) is 0.134. The molecule has 20 heavy (non-hydrogen) atoms. The lowest BCUT2D eigenvalue weighted by molar-refractivity contribution is -0.140. The van der Waals surface area contributed by atoms with E-state index in [1.807, 2.05) is 0 Å². The summed E-state index contributed by atoms with van der Waals surface area (Å²) < 4.78 is 0.810. The van der Waals surface area contributed by atoms with Crippen molar-refractivity contribution in [3.63, 3.8) is 0 Å². The van der Waals surface area contributed by atoms with Gasteiger partial charge in [-0.2, -0.15) is 0 Å². The third kappa shape index (κ3) is 5.40. The van der Waals surface area contributed by atoms with E-state index >= 15 is 0 Å². The van der Waals surface area contributed by atoms with E-state index in [1.54, 1.807) is 24.3 Å². The van der Waals surface area contributed by atoms with Gasteiger partial charge in [0.2, 0.25) is 0 Å². The summed E-state index contributed by atoms with van der Waals surface area (Å²) in [4.78, 5) is 33.3. The molecule has 0 aliphatic carbocycles. The van der Waals surface area contributed by atoms with Crippen LogP contribution < -0.4 is 5.32 Å². The lowest BCUT2D eigenvalue weighted by atomic mass is 10.1. The third-order valence-electron chi connectivity index (χ3n) is 2.59. The maximum absolute atomic E-state index is 11.9. The highest BCUT2D eigenvalue weighted by atomic mass is 79.9. The average molecular weight is 344 g/mol. The molecule has 0 aliphatic heterocycles. The summed E-state index contributed by atoms with van der Waals surface area (Å²) in [5.74, 6) is -2.67. The fraction of sp³-hybridized carbons (Fsp3) is 0.308. The van der Waals surface area contributed by atoms with Crippen LogP contribution in [0.3, 0.4) is 0 Å². The predicted molar refractivity (Wildman–Crippen MR) is 74.5 cm³/mol. The first kappa shape index (κ1) is 16.2. The number of carbonyl (C=O) groups is 3. The first-order valence-corrected chi connectivity index (χ1v) is 6.70. The highest BCUT2D eigenvalue weighted by Gasteiger charge is 2.20. The van der Waals surface area contributed by atoms with Crippen LogP contribution in [0.5, 0.6) is 0 Å². The number of halogens is 1. The minimum atomic E-state index is -1.18.